The minimum atomic E-state index is -0.451. The Morgan fingerprint density at radius 3 is 2.72 bits per heavy atom. The lowest BCUT2D eigenvalue weighted by molar-refractivity contribution is 0.0195. The summed E-state index contributed by atoms with van der Waals surface area (Å²) in [5.41, 5.74) is 8.72. The van der Waals surface area contributed by atoms with Crippen molar-refractivity contribution in [3.63, 3.8) is 0 Å². The number of aryl methyl sites for hydroxylation is 1. The SMILES string of the molecule is Cn1c(=O)c2c(c(C#N)c(N3CCC[C@@H](N)C3)n2Cc2ccccc2Cl)c2cc(C(=O)OCCN3CCOCC3)ccc21. The van der Waals surface area contributed by atoms with Gasteiger partial charge in [-0.15, -0.1) is 0 Å². The van der Waals surface area contributed by atoms with Crippen LogP contribution in [-0.4, -0.2) is 78.6 Å². The monoisotopic (exact) mass is 602 g/mol. The summed E-state index contributed by atoms with van der Waals surface area (Å²) in [4.78, 5) is 31.5. The standard InChI is InChI=1S/C32H35ClN6O4/c1-36-27-9-8-21(32(41)43-16-13-37-11-14-42-15-12-37)17-24(27)28-25(18-34)30(38-10-4-6-23(35)20-38)39(29(28)31(36)40)19-22-5-2-3-7-26(22)33/h2-3,5,7-9,17,23H,4,6,10-16,19-20,35H2,1H3/t23-/m1/s1. The van der Waals surface area contributed by atoms with E-state index in [0.29, 0.717) is 83.2 Å². The third kappa shape index (κ3) is 5.61. The third-order valence-electron chi connectivity index (χ3n) is 8.51. The van der Waals surface area contributed by atoms with Crippen LogP contribution in [0.5, 0.6) is 0 Å². The van der Waals surface area contributed by atoms with Crippen molar-refractivity contribution in [3.8, 4) is 6.07 Å². The molecule has 0 unspecified atom stereocenters. The van der Waals surface area contributed by atoms with Crippen LogP contribution in [0.25, 0.3) is 21.8 Å². The highest BCUT2D eigenvalue weighted by Gasteiger charge is 2.30. The highest BCUT2D eigenvalue weighted by atomic mass is 35.5. The Morgan fingerprint density at radius 1 is 1.19 bits per heavy atom. The predicted molar refractivity (Wildman–Crippen MR) is 167 cm³/mol. The zero-order valence-electron chi connectivity index (χ0n) is 24.2. The van der Waals surface area contributed by atoms with E-state index in [4.69, 9.17) is 26.8 Å². The number of piperidine rings is 1. The molecular formula is C32H35ClN6O4. The van der Waals surface area contributed by atoms with Crippen LogP contribution < -0.4 is 16.2 Å². The molecule has 0 radical (unpaired) electrons. The predicted octanol–water partition coefficient (Wildman–Crippen LogP) is 3.48. The van der Waals surface area contributed by atoms with Crippen molar-refractivity contribution < 1.29 is 14.3 Å². The van der Waals surface area contributed by atoms with Crippen LogP contribution in [0.2, 0.25) is 5.02 Å². The fraction of sp³-hybridized carbons (Fsp3) is 0.406. The number of anilines is 1. The Balaban J connectivity index is 1.49. The van der Waals surface area contributed by atoms with Crippen LogP contribution in [0.1, 0.15) is 34.3 Å². The molecule has 4 heterocycles. The Bertz CT molecular complexity index is 1780. The number of halogens is 1. The molecular weight excluding hydrogens is 568 g/mol. The van der Waals surface area contributed by atoms with Crippen LogP contribution in [0.3, 0.4) is 0 Å². The Hall–Kier alpha value is -3.88. The number of aromatic nitrogens is 2. The number of esters is 1. The number of fused-ring (bicyclic) bond motifs is 3. The Labute approximate surface area is 254 Å². The van der Waals surface area contributed by atoms with E-state index in [1.54, 1.807) is 29.8 Å². The molecule has 6 rings (SSSR count). The van der Waals surface area contributed by atoms with E-state index in [2.05, 4.69) is 15.9 Å². The van der Waals surface area contributed by atoms with Gasteiger partial charge >= 0.3 is 5.97 Å². The molecule has 2 fully saturated rings. The molecule has 0 saturated carbocycles. The van der Waals surface area contributed by atoms with E-state index in [1.165, 1.54) is 0 Å². The van der Waals surface area contributed by atoms with Crippen LogP contribution >= 0.6 is 11.6 Å². The number of carbonyl (C=O) groups excluding carboxylic acids is 1. The van der Waals surface area contributed by atoms with E-state index in [0.717, 1.165) is 31.5 Å². The summed E-state index contributed by atoms with van der Waals surface area (Å²) in [6, 6.07) is 15.0. The number of morpholine rings is 1. The molecule has 2 saturated heterocycles. The normalized spacial score (nSPS) is 17.8. The van der Waals surface area contributed by atoms with Gasteiger partial charge in [0.05, 0.1) is 30.8 Å². The van der Waals surface area contributed by atoms with Crippen LogP contribution in [0.15, 0.2) is 47.3 Å². The van der Waals surface area contributed by atoms with Gasteiger partial charge in [-0.1, -0.05) is 29.8 Å². The summed E-state index contributed by atoms with van der Waals surface area (Å²) in [6.45, 7) is 5.43. The number of pyridine rings is 1. The number of hydrogen-bond acceptors (Lipinski definition) is 8. The van der Waals surface area contributed by atoms with Crippen molar-refractivity contribution >= 4 is 45.2 Å². The second-order valence-corrected chi connectivity index (χ2v) is 11.7. The third-order valence-corrected chi connectivity index (χ3v) is 8.87. The van der Waals surface area contributed by atoms with Crippen molar-refractivity contribution in [1.82, 2.24) is 14.0 Å². The average molecular weight is 603 g/mol. The maximum atomic E-state index is 14.0. The fourth-order valence-corrected chi connectivity index (χ4v) is 6.47. The van der Waals surface area contributed by atoms with Gasteiger partial charge in [-0.2, -0.15) is 5.26 Å². The molecule has 2 N–H and O–H groups in total. The molecule has 0 bridgehead atoms. The molecule has 2 aromatic heterocycles. The fourth-order valence-electron chi connectivity index (χ4n) is 6.28. The first-order chi connectivity index (χ1) is 20.9. The Kier molecular flexibility index (Phi) is 8.41. The number of nitriles is 1. The van der Waals surface area contributed by atoms with Gasteiger partial charge in [-0.3, -0.25) is 9.69 Å². The summed E-state index contributed by atoms with van der Waals surface area (Å²) in [6.07, 6.45) is 1.77. The largest absolute Gasteiger partial charge is 0.461 e. The van der Waals surface area contributed by atoms with Crippen molar-refractivity contribution in [2.45, 2.75) is 25.4 Å². The number of rotatable bonds is 7. The number of benzene rings is 2. The highest BCUT2D eigenvalue weighted by Crippen LogP contribution is 2.38. The van der Waals surface area contributed by atoms with Crippen molar-refractivity contribution in [3.05, 3.63) is 74.5 Å². The molecule has 4 aromatic rings. The lowest BCUT2D eigenvalue weighted by Gasteiger charge is -2.33. The van der Waals surface area contributed by atoms with Gasteiger partial charge in [0.25, 0.3) is 5.56 Å². The average Bonchev–Trinajstić information content (AvgIpc) is 3.35. The molecule has 0 spiro atoms. The number of ether oxygens (including phenoxy) is 2. The summed E-state index contributed by atoms with van der Waals surface area (Å²) in [7, 11) is 1.71. The number of carbonyl (C=O) groups is 1. The van der Waals surface area contributed by atoms with Crippen molar-refractivity contribution in [2.24, 2.45) is 12.8 Å². The minimum Gasteiger partial charge on any atom is -0.461 e. The number of hydrogen-bond donors (Lipinski definition) is 1. The zero-order valence-corrected chi connectivity index (χ0v) is 25.0. The highest BCUT2D eigenvalue weighted by molar-refractivity contribution is 6.31. The zero-order chi connectivity index (χ0) is 30.1. The molecule has 2 aliphatic heterocycles. The van der Waals surface area contributed by atoms with Gasteiger partial charge < -0.3 is 29.2 Å². The summed E-state index contributed by atoms with van der Waals surface area (Å²) >= 11 is 6.58. The van der Waals surface area contributed by atoms with E-state index in [9.17, 15) is 14.9 Å². The molecule has 2 aliphatic rings. The smallest absolute Gasteiger partial charge is 0.338 e. The lowest BCUT2D eigenvalue weighted by Crippen LogP contribution is -2.44. The second kappa shape index (κ2) is 12.4. The first-order valence-corrected chi connectivity index (χ1v) is 15.1. The number of nitrogens with zero attached hydrogens (tertiary/aromatic N) is 5. The van der Waals surface area contributed by atoms with Gasteiger partial charge in [0.2, 0.25) is 0 Å². The molecule has 2 aromatic carbocycles. The molecule has 0 amide bonds. The Morgan fingerprint density at radius 2 is 1.98 bits per heavy atom. The second-order valence-electron chi connectivity index (χ2n) is 11.2. The van der Waals surface area contributed by atoms with Gasteiger partial charge in [0, 0.05) is 61.6 Å². The topological polar surface area (TPSA) is 119 Å². The quantitative estimate of drug-likeness (QED) is 0.319. The summed E-state index contributed by atoms with van der Waals surface area (Å²) in [5, 5.41) is 12.4. The van der Waals surface area contributed by atoms with Gasteiger partial charge in [-0.05, 0) is 42.7 Å². The van der Waals surface area contributed by atoms with E-state index in [1.807, 2.05) is 28.8 Å². The molecule has 43 heavy (non-hydrogen) atoms. The molecule has 1 atom stereocenters. The van der Waals surface area contributed by atoms with E-state index < -0.39 is 5.97 Å². The molecule has 224 valence electrons. The lowest BCUT2D eigenvalue weighted by atomic mass is 10.0. The van der Waals surface area contributed by atoms with Gasteiger partial charge in [0.15, 0.2) is 0 Å². The van der Waals surface area contributed by atoms with Gasteiger partial charge in [-0.25, -0.2) is 4.79 Å². The molecule has 11 heteroatoms. The van der Waals surface area contributed by atoms with Crippen LogP contribution in [0.4, 0.5) is 5.82 Å². The molecule has 0 aliphatic carbocycles. The van der Waals surface area contributed by atoms with Crippen LogP contribution in [-0.2, 0) is 23.1 Å². The minimum absolute atomic E-state index is 0.0505. The maximum Gasteiger partial charge on any atom is 0.338 e. The maximum absolute atomic E-state index is 14.0. The van der Waals surface area contributed by atoms with E-state index >= 15 is 0 Å². The first-order valence-electron chi connectivity index (χ1n) is 14.7. The number of nitrogens with two attached hydrogens (primary N) is 1. The van der Waals surface area contributed by atoms with Crippen LogP contribution in [0, 0.1) is 11.3 Å². The molecule has 10 nitrogen and oxygen atoms in total. The first kappa shape index (κ1) is 29.2. The van der Waals surface area contributed by atoms with Gasteiger partial charge in [0.1, 0.15) is 29.6 Å². The van der Waals surface area contributed by atoms with Crippen molar-refractivity contribution in [1.29, 1.82) is 5.26 Å². The van der Waals surface area contributed by atoms with Crippen molar-refractivity contribution in [2.75, 3.05) is 57.4 Å². The summed E-state index contributed by atoms with van der Waals surface area (Å²) < 4.78 is 14.5. The summed E-state index contributed by atoms with van der Waals surface area (Å²) in [5.74, 6) is 0.198. The van der Waals surface area contributed by atoms with E-state index in [-0.39, 0.29) is 18.2 Å².